The highest BCUT2D eigenvalue weighted by atomic mass is 19.4. The SMILES string of the molecule is C[C@H](N)C(=O)OCc1ccccc1.O=C(O)C(F)(F)F. The topological polar surface area (TPSA) is 89.6 Å². The van der Waals surface area contributed by atoms with E-state index in [0.29, 0.717) is 6.61 Å². The number of carboxylic acid groups (broad SMARTS) is 1. The van der Waals surface area contributed by atoms with Gasteiger partial charge in [0.2, 0.25) is 0 Å². The number of esters is 1. The van der Waals surface area contributed by atoms with E-state index in [4.69, 9.17) is 20.4 Å². The number of carbonyl (C=O) groups is 2. The van der Waals surface area contributed by atoms with Gasteiger partial charge >= 0.3 is 18.1 Å². The number of carbonyl (C=O) groups excluding carboxylic acids is 1. The van der Waals surface area contributed by atoms with Crippen LogP contribution in [0, 0.1) is 0 Å². The maximum atomic E-state index is 11.0. The minimum absolute atomic E-state index is 0.293. The second-order valence-corrected chi connectivity index (χ2v) is 3.68. The van der Waals surface area contributed by atoms with Crippen LogP contribution in [-0.2, 0) is 20.9 Å². The largest absolute Gasteiger partial charge is 0.490 e. The van der Waals surface area contributed by atoms with Crippen LogP contribution in [0.25, 0.3) is 0 Å². The summed E-state index contributed by atoms with van der Waals surface area (Å²) in [7, 11) is 0. The van der Waals surface area contributed by atoms with Gasteiger partial charge in [-0.25, -0.2) is 4.79 Å². The lowest BCUT2D eigenvalue weighted by Crippen LogP contribution is -2.28. The second kappa shape index (κ2) is 8.16. The lowest BCUT2D eigenvalue weighted by atomic mass is 10.2. The Bertz CT molecular complexity index is 432. The molecule has 0 heterocycles. The summed E-state index contributed by atoms with van der Waals surface area (Å²) in [5.74, 6) is -3.13. The molecule has 0 aromatic heterocycles. The van der Waals surface area contributed by atoms with Gasteiger partial charge in [0.25, 0.3) is 0 Å². The number of rotatable bonds is 3. The number of benzene rings is 1. The fraction of sp³-hybridized carbons (Fsp3) is 0.333. The number of hydrogen-bond acceptors (Lipinski definition) is 4. The van der Waals surface area contributed by atoms with Gasteiger partial charge in [0.05, 0.1) is 0 Å². The molecule has 3 N–H and O–H groups in total. The van der Waals surface area contributed by atoms with Crippen molar-refractivity contribution in [1.82, 2.24) is 0 Å². The molecular weight excluding hydrogens is 279 g/mol. The molecule has 1 aromatic rings. The van der Waals surface area contributed by atoms with E-state index in [0.717, 1.165) is 5.56 Å². The molecule has 112 valence electrons. The molecule has 8 heteroatoms. The van der Waals surface area contributed by atoms with Crippen molar-refractivity contribution in [2.45, 2.75) is 25.7 Å². The van der Waals surface area contributed by atoms with E-state index in [1.807, 2.05) is 30.3 Å². The number of aliphatic carboxylic acids is 1. The molecule has 1 atom stereocenters. The molecule has 1 rings (SSSR count). The molecule has 0 spiro atoms. The molecule has 1 aromatic carbocycles. The van der Waals surface area contributed by atoms with Crippen LogP contribution in [0.15, 0.2) is 30.3 Å². The third-order valence-electron chi connectivity index (χ3n) is 1.84. The van der Waals surface area contributed by atoms with E-state index in [1.54, 1.807) is 6.92 Å². The Morgan fingerprint density at radius 2 is 1.75 bits per heavy atom. The first-order valence-electron chi connectivity index (χ1n) is 5.41. The highest BCUT2D eigenvalue weighted by molar-refractivity contribution is 5.74. The summed E-state index contributed by atoms with van der Waals surface area (Å²) in [4.78, 5) is 19.9. The molecule has 0 saturated heterocycles. The Labute approximate surface area is 113 Å². The van der Waals surface area contributed by atoms with Crippen LogP contribution in [0.3, 0.4) is 0 Å². The van der Waals surface area contributed by atoms with Crippen LogP contribution >= 0.6 is 0 Å². The fourth-order valence-electron chi connectivity index (χ4n) is 0.860. The Morgan fingerprint density at radius 1 is 1.30 bits per heavy atom. The van der Waals surface area contributed by atoms with Gasteiger partial charge < -0.3 is 15.6 Å². The van der Waals surface area contributed by atoms with Gasteiger partial charge in [-0.1, -0.05) is 30.3 Å². The standard InChI is InChI=1S/C10H13NO2.C2HF3O2/c1-8(11)10(12)13-7-9-5-3-2-4-6-9;3-2(4,5)1(6)7/h2-6,8H,7,11H2,1H3;(H,6,7)/t8-;/m0./s1. The zero-order valence-corrected chi connectivity index (χ0v) is 10.6. The molecule has 5 nitrogen and oxygen atoms in total. The number of carboxylic acids is 1. The van der Waals surface area contributed by atoms with Crippen molar-refractivity contribution in [3.63, 3.8) is 0 Å². The molecule has 0 aliphatic heterocycles. The lowest BCUT2D eigenvalue weighted by molar-refractivity contribution is -0.192. The van der Waals surface area contributed by atoms with Crippen LogP contribution < -0.4 is 5.73 Å². The summed E-state index contributed by atoms with van der Waals surface area (Å²) in [6, 6.07) is 8.95. The minimum Gasteiger partial charge on any atom is -0.475 e. The van der Waals surface area contributed by atoms with Gasteiger partial charge in [-0.3, -0.25) is 4.79 Å². The second-order valence-electron chi connectivity index (χ2n) is 3.68. The number of halogens is 3. The summed E-state index contributed by atoms with van der Waals surface area (Å²) < 4.78 is 36.7. The van der Waals surface area contributed by atoms with Gasteiger partial charge in [-0.05, 0) is 12.5 Å². The molecule has 20 heavy (non-hydrogen) atoms. The average molecular weight is 293 g/mol. The first-order chi connectivity index (χ1) is 9.14. The van der Waals surface area contributed by atoms with Crippen LogP contribution in [-0.4, -0.2) is 29.3 Å². The number of alkyl halides is 3. The zero-order chi connectivity index (χ0) is 15.8. The normalized spacial score (nSPS) is 11.8. The van der Waals surface area contributed by atoms with Crippen molar-refractivity contribution in [2.75, 3.05) is 0 Å². The van der Waals surface area contributed by atoms with Crippen LogP contribution in [0.4, 0.5) is 13.2 Å². The van der Waals surface area contributed by atoms with Crippen molar-refractivity contribution in [3.05, 3.63) is 35.9 Å². The average Bonchev–Trinajstić information content (AvgIpc) is 2.36. The van der Waals surface area contributed by atoms with E-state index in [1.165, 1.54) is 0 Å². The summed E-state index contributed by atoms with van der Waals surface area (Å²) in [6.45, 7) is 1.90. The van der Waals surface area contributed by atoms with E-state index >= 15 is 0 Å². The maximum Gasteiger partial charge on any atom is 0.490 e. The zero-order valence-electron chi connectivity index (χ0n) is 10.6. The molecule has 0 bridgehead atoms. The molecule has 0 amide bonds. The maximum absolute atomic E-state index is 11.0. The summed E-state index contributed by atoms with van der Waals surface area (Å²) in [6.07, 6.45) is -5.08. The van der Waals surface area contributed by atoms with Crippen LogP contribution in [0.5, 0.6) is 0 Å². The summed E-state index contributed by atoms with van der Waals surface area (Å²) in [5, 5.41) is 7.12. The quantitative estimate of drug-likeness (QED) is 0.828. The number of hydrogen-bond donors (Lipinski definition) is 2. The van der Waals surface area contributed by atoms with Gasteiger partial charge in [-0.15, -0.1) is 0 Å². The third-order valence-corrected chi connectivity index (χ3v) is 1.84. The Balaban J connectivity index is 0.000000441. The predicted octanol–water partition coefficient (Wildman–Crippen LogP) is 1.71. The van der Waals surface area contributed by atoms with E-state index in [2.05, 4.69) is 0 Å². The monoisotopic (exact) mass is 293 g/mol. The molecule has 0 aliphatic carbocycles. The smallest absolute Gasteiger partial charge is 0.475 e. The third kappa shape index (κ3) is 8.09. The Kier molecular flexibility index (Phi) is 7.30. The molecule has 0 unspecified atom stereocenters. The van der Waals surface area contributed by atoms with Gasteiger partial charge in [0.1, 0.15) is 12.6 Å². The van der Waals surface area contributed by atoms with E-state index < -0.39 is 18.2 Å². The predicted molar refractivity (Wildman–Crippen MR) is 63.6 cm³/mol. The molecular formula is C12H14F3NO4. The molecule has 0 aliphatic rings. The van der Waals surface area contributed by atoms with Crippen molar-refractivity contribution in [3.8, 4) is 0 Å². The van der Waals surface area contributed by atoms with Gasteiger partial charge in [0.15, 0.2) is 0 Å². The van der Waals surface area contributed by atoms with Crippen molar-refractivity contribution < 1.29 is 32.6 Å². The van der Waals surface area contributed by atoms with Crippen molar-refractivity contribution in [2.24, 2.45) is 5.73 Å². The lowest BCUT2D eigenvalue weighted by Gasteiger charge is -2.06. The van der Waals surface area contributed by atoms with Crippen molar-refractivity contribution in [1.29, 1.82) is 0 Å². The van der Waals surface area contributed by atoms with Crippen LogP contribution in [0.1, 0.15) is 12.5 Å². The molecule has 0 radical (unpaired) electrons. The Morgan fingerprint density at radius 3 is 2.10 bits per heavy atom. The highest BCUT2D eigenvalue weighted by Crippen LogP contribution is 2.13. The van der Waals surface area contributed by atoms with Gasteiger partial charge in [0, 0.05) is 0 Å². The Hall–Kier alpha value is -2.09. The van der Waals surface area contributed by atoms with E-state index in [-0.39, 0.29) is 5.97 Å². The summed E-state index contributed by atoms with van der Waals surface area (Å²) in [5.41, 5.74) is 6.29. The summed E-state index contributed by atoms with van der Waals surface area (Å²) >= 11 is 0. The first-order valence-corrected chi connectivity index (χ1v) is 5.41. The van der Waals surface area contributed by atoms with Crippen molar-refractivity contribution >= 4 is 11.9 Å². The molecule has 0 saturated carbocycles. The first kappa shape index (κ1) is 17.9. The van der Waals surface area contributed by atoms with E-state index in [9.17, 15) is 18.0 Å². The number of nitrogens with two attached hydrogens (primary N) is 1. The number of ether oxygens (including phenoxy) is 1. The van der Waals surface area contributed by atoms with Crippen LogP contribution in [0.2, 0.25) is 0 Å². The fourth-order valence-corrected chi connectivity index (χ4v) is 0.860. The minimum atomic E-state index is -5.08. The molecule has 0 fully saturated rings. The van der Waals surface area contributed by atoms with Gasteiger partial charge in [-0.2, -0.15) is 13.2 Å². The highest BCUT2D eigenvalue weighted by Gasteiger charge is 2.38.